The molecule has 0 aliphatic heterocycles. The molecule has 0 atom stereocenters. The van der Waals surface area contributed by atoms with E-state index < -0.39 is 0 Å². The predicted octanol–water partition coefficient (Wildman–Crippen LogP) is 3.14. The summed E-state index contributed by atoms with van der Waals surface area (Å²) in [4.78, 5) is 17.3. The molecule has 0 amide bonds. The standard InChI is InChI=1S/C16H18N2O/c1-7-10(4)17-14-8(2)11(5)18-12(6)9(3)16(19)13(7)15(14)18/h1-6H3. The van der Waals surface area contributed by atoms with Gasteiger partial charge in [-0.2, -0.15) is 0 Å². The molecule has 0 aliphatic carbocycles. The van der Waals surface area contributed by atoms with E-state index in [1.807, 2.05) is 27.7 Å². The van der Waals surface area contributed by atoms with Crippen molar-refractivity contribution in [2.45, 2.75) is 41.5 Å². The van der Waals surface area contributed by atoms with Crippen molar-refractivity contribution in [1.82, 2.24) is 9.38 Å². The lowest BCUT2D eigenvalue weighted by molar-refractivity contribution is 1.01. The van der Waals surface area contributed by atoms with Gasteiger partial charge in [0, 0.05) is 22.6 Å². The predicted molar refractivity (Wildman–Crippen MR) is 78.6 cm³/mol. The molecule has 19 heavy (non-hydrogen) atoms. The fourth-order valence-corrected chi connectivity index (χ4v) is 2.98. The molecule has 3 heteroatoms. The highest BCUT2D eigenvalue weighted by Crippen LogP contribution is 2.30. The van der Waals surface area contributed by atoms with Gasteiger partial charge in [-0.25, -0.2) is 0 Å². The van der Waals surface area contributed by atoms with Crippen LogP contribution in [0.2, 0.25) is 0 Å². The zero-order valence-electron chi connectivity index (χ0n) is 12.3. The minimum absolute atomic E-state index is 0.149. The smallest absolute Gasteiger partial charge is 0.192 e. The Morgan fingerprint density at radius 3 is 2.05 bits per heavy atom. The molecule has 0 unspecified atom stereocenters. The number of rotatable bonds is 0. The first-order valence-corrected chi connectivity index (χ1v) is 6.57. The Bertz CT molecular complexity index is 888. The van der Waals surface area contributed by atoms with Gasteiger partial charge in [0.05, 0.1) is 16.4 Å². The highest BCUT2D eigenvalue weighted by Gasteiger charge is 2.20. The molecule has 3 rings (SSSR count). The summed E-state index contributed by atoms with van der Waals surface area (Å²) in [7, 11) is 0. The summed E-state index contributed by atoms with van der Waals surface area (Å²) in [5, 5.41) is 0.835. The Morgan fingerprint density at radius 2 is 1.42 bits per heavy atom. The van der Waals surface area contributed by atoms with E-state index in [0.29, 0.717) is 0 Å². The van der Waals surface area contributed by atoms with Gasteiger partial charge in [0.1, 0.15) is 0 Å². The second-order valence-corrected chi connectivity index (χ2v) is 5.48. The first-order valence-electron chi connectivity index (χ1n) is 6.57. The van der Waals surface area contributed by atoms with E-state index in [1.165, 1.54) is 11.3 Å². The zero-order chi connectivity index (χ0) is 14.1. The Morgan fingerprint density at radius 1 is 0.842 bits per heavy atom. The minimum atomic E-state index is 0.149. The fourth-order valence-electron chi connectivity index (χ4n) is 2.98. The molecule has 0 radical (unpaired) electrons. The van der Waals surface area contributed by atoms with Crippen LogP contribution in [0, 0.1) is 41.5 Å². The van der Waals surface area contributed by atoms with Crippen LogP contribution in [-0.2, 0) is 0 Å². The zero-order valence-corrected chi connectivity index (χ0v) is 12.3. The number of aryl methyl sites for hydroxylation is 5. The van der Waals surface area contributed by atoms with Crippen LogP contribution in [0.1, 0.15) is 33.8 Å². The quantitative estimate of drug-likeness (QED) is 0.617. The van der Waals surface area contributed by atoms with Crippen molar-refractivity contribution in [3.05, 3.63) is 44.0 Å². The van der Waals surface area contributed by atoms with Gasteiger partial charge in [-0.15, -0.1) is 0 Å². The van der Waals surface area contributed by atoms with Gasteiger partial charge >= 0.3 is 0 Å². The molecule has 0 bridgehead atoms. The van der Waals surface area contributed by atoms with E-state index in [-0.39, 0.29) is 5.43 Å². The van der Waals surface area contributed by atoms with Crippen molar-refractivity contribution in [3.8, 4) is 0 Å². The molecule has 0 N–H and O–H groups in total. The van der Waals surface area contributed by atoms with Gasteiger partial charge < -0.3 is 4.40 Å². The Labute approximate surface area is 112 Å². The maximum absolute atomic E-state index is 12.6. The lowest BCUT2D eigenvalue weighted by Crippen LogP contribution is -2.14. The van der Waals surface area contributed by atoms with Crippen molar-refractivity contribution >= 4 is 16.4 Å². The van der Waals surface area contributed by atoms with Crippen LogP contribution in [0.15, 0.2) is 4.79 Å². The van der Waals surface area contributed by atoms with Gasteiger partial charge in [-0.3, -0.25) is 9.78 Å². The topological polar surface area (TPSA) is 34.4 Å². The number of hydrogen-bond donors (Lipinski definition) is 0. The average Bonchev–Trinajstić information content (AvgIpc) is 2.61. The monoisotopic (exact) mass is 254 g/mol. The Balaban J connectivity index is 2.86. The summed E-state index contributed by atoms with van der Waals surface area (Å²) in [5.74, 6) is 0. The maximum atomic E-state index is 12.6. The second-order valence-electron chi connectivity index (χ2n) is 5.48. The van der Waals surface area contributed by atoms with Crippen LogP contribution in [-0.4, -0.2) is 9.38 Å². The summed E-state index contributed by atoms with van der Waals surface area (Å²) < 4.78 is 2.19. The average molecular weight is 254 g/mol. The molecular formula is C16H18N2O. The summed E-state index contributed by atoms with van der Waals surface area (Å²) in [6.45, 7) is 12.1. The van der Waals surface area contributed by atoms with Gasteiger partial charge in [0.15, 0.2) is 5.43 Å². The molecule has 0 aromatic carbocycles. The van der Waals surface area contributed by atoms with Crippen molar-refractivity contribution in [3.63, 3.8) is 0 Å². The summed E-state index contributed by atoms with van der Waals surface area (Å²) in [6, 6.07) is 0. The molecule has 3 nitrogen and oxygen atoms in total. The molecule has 0 fully saturated rings. The SMILES string of the molecule is Cc1nc2c(C)c(C)n3c(C)c(C)c(=O)c(c1C)c23. The molecule has 98 valence electrons. The van der Waals surface area contributed by atoms with Crippen LogP contribution >= 0.6 is 0 Å². The van der Waals surface area contributed by atoms with Crippen molar-refractivity contribution in [2.24, 2.45) is 0 Å². The molecule has 0 aliphatic rings. The van der Waals surface area contributed by atoms with E-state index in [9.17, 15) is 4.79 Å². The minimum Gasteiger partial charge on any atom is -0.315 e. The Kier molecular flexibility index (Phi) is 2.28. The number of pyridine rings is 2. The molecule has 0 spiro atoms. The highest BCUT2D eigenvalue weighted by atomic mass is 16.1. The van der Waals surface area contributed by atoms with E-state index in [4.69, 9.17) is 4.98 Å². The Hall–Kier alpha value is -1.90. The third-order valence-corrected chi connectivity index (χ3v) is 4.56. The molecule has 3 aromatic heterocycles. The van der Waals surface area contributed by atoms with Gasteiger partial charge in [-0.1, -0.05) is 0 Å². The van der Waals surface area contributed by atoms with Gasteiger partial charge in [0.25, 0.3) is 0 Å². The summed E-state index contributed by atoms with van der Waals surface area (Å²) in [5.41, 5.74) is 8.27. The molecule has 3 aromatic rings. The highest BCUT2D eigenvalue weighted by molar-refractivity contribution is 5.99. The molecule has 0 saturated carbocycles. The number of aromatic nitrogens is 2. The van der Waals surface area contributed by atoms with Crippen molar-refractivity contribution in [2.75, 3.05) is 0 Å². The van der Waals surface area contributed by atoms with Crippen LogP contribution < -0.4 is 5.43 Å². The van der Waals surface area contributed by atoms with Crippen molar-refractivity contribution in [1.29, 1.82) is 0 Å². The van der Waals surface area contributed by atoms with Crippen LogP contribution in [0.3, 0.4) is 0 Å². The van der Waals surface area contributed by atoms with E-state index in [0.717, 1.165) is 38.9 Å². The van der Waals surface area contributed by atoms with Crippen LogP contribution in [0.5, 0.6) is 0 Å². The largest absolute Gasteiger partial charge is 0.315 e. The molecule has 0 saturated heterocycles. The first kappa shape index (κ1) is 12.2. The molecular weight excluding hydrogens is 236 g/mol. The van der Waals surface area contributed by atoms with Gasteiger partial charge in [0.2, 0.25) is 0 Å². The lowest BCUT2D eigenvalue weighted by atomic mass is 10.0. The fraction of sp³-hybridized carbons (Fsp3) is 0.375. The van der Waals surface area contributed by atoms with E-state index in [2.05, 4.69) is 18.2 Å². The first-order chi connectivity index (χ1) is 8.86. The van der Waals surface area contributed by atoms with Crippen molar-refractivity contribution < 1.29 is 0 Å². The summed E-state index contributed by atoms with van der Waals surface area (Å²) in [6.07, 6.45) is 0. The van der Waals surface area contributed by atoms with E-state index in [1.54, 1.807) is 0 Å². The third kappa shape index (κ3) is 1.28. The lowest BCUT2D eigenvalue weighted by Gasteiger charge is -2.11. The molecule has 3 heterocycles. The number of nitrogens with zero attached hydrogens (tertiary/aromatic N) is 2. The van der Waals surface area contributed by atoms with E-state index >= 15 is 0 Å². The third-order valence-electron chi connectivity index (χ3n) is 4.56. The number of hydrogen-bond acceptors (Lipinski definition) is 2. The maximum Gasteiger partial charge on any atom is 0.192 e. The van der Waals surface area contributed by atoms with Crippen LogP contribution in [0.25, 0.3) is 16.4 Å². The van der Waals surface area contributed by atoms with Crippen LogP contribution in [0.4, 0.5) is 0 Å². The summed E-state index contributed by atoms with van der Waals surface area (Å²) >= 11 is 0. The van der Waals surface area contributed by atoms with Gasteiger partial charge in [-0.05, 0) is 52.7 Å². The normalized spacial score (nSPS) is 11.9. The second kappa shape index (κ2) is 3.56.